The molecule has 6 nitrogen and oxygen atoms in total. The standard InChI is InChI=1S/C18H24N2O4/c1-18(2,3)24-17(22)19-10-6-8-14(19)12-23-20-11-13-7-4-5-9-15(13)16(20)21/h4-5,7,9,14H,6,8,10-12H2,1-3H3. The number of fused-ring (bicyclic) bond motifs is 1. The number of hydroxylamine groups is 2. The lowest BCUT2D eigenvalue weighted by Crippen LogP contribution is -2.43. The number of hydrogen-bond donors (Lipinski definition) is 0. The minimum atomic E-state index is -0.516. The molecule has 3 rings (SSSR count). The minimum absolute atomic E-state index is 0.0589. The molecule has 0 saturated carbocycles. The number of nitrogens with zero attached hydrogens (tertiary/aromatic N) is 2. The summed E-state index contributed by atoms with van der Waals surface area (Å²) in [6, 6.07) is 7.44. The Morgan fingerprint density at radius 1 is 1.29 bits per heavy atom. The Kier molecular flexibility index (Phi) is 4.49. The Balaban J connectivity index is 1.57. The summed E-state index contributed by atoms with van der Waals surface area (Å²) >= 11 is 0. The Morgan fingerprint density at radius 3 is 2.75 bits per heavy atom. The maximum absolute atomic E-state index is 12.3. The second-order valence-electron chi connectivity index (χ2n) is 7.26. The monoisotopic (exact) mass is 332 g/mol. The average Bonchev–Trinajstić information content (AvgIpc) is 3.09. The van der Waals surface area contributed by atoms with Crippen LogP contribution in [0.2, 0.25) is 0 Å². The number of carbonyl (C=O) groups is 2. The van der Waals surface area contributed by atoms with Gasteiger partial charge in [0.2, 0.25) is 0 Å². The highest BCUT2D eigenvalue weighted by molar-refractivity contribution is 5.97. The van der Waals surface area contributed by atoms with Crippen molar-refractivity contribution in [3.05, 3.63) is 35.4 Å². The third-order valence-corrected chi connectivity index (χ3v) is 4.22. The topological polar surface area (TPSA) is 59.1 Å². The van der Waals surface area contributed by atoms with E-state index in [9.17, 15) is 9.59 Å². The molecule has 0 bridgehead atoms. The minimum Gasteiger partial charge on any atom is -0.444 e. The number of rotatable bonds is 3. The number of ether oxygens (including phenoxy) is 1. The van der Waals surface area contributed by atoms with Gasteiger partial charge in [-0.05, 0) is 45.2 Å². The molecule has 0 N–H and O–H groups in total. The lowest BCUT2D eigenvalue weighted by molar-refractivity contribution is -0.136. The predicted octanol–water partition coefficient (Wildman–Crippen LogP) is 2.97. The van der Waals surface area contributed by atoms with Crippen LogP contribution in [0.15, 0.2) is 24.3 Å². The maximum atomic E-state index is 12.3. The molecule has 1 aromatic rings. The smallest absolute Gasteiger partial charge is 0.410 e. The van der Waals surface area contributed by atoms with Gasteiger partial charge < -0.3 is 9.64 Å². The van der Waals surface area contributed by atoms with Gasteiger partial charge in [-0.2, -0.15) is 0 Å². The highest BCUT2D eigenvalue weighted by Gasteiger charge is 2.34. The van der Waals surface area contributed by atoms with Gasteiger partial charge in [-0.15, -0.1) is 0 Å². The van der Waals surface area contributed by atoms with Crippen LogP contribution in [0.1, 0.15) is 49.5 Å². The van der Waals surface area contributed by atoms with Crippen LogP contribution in [-0.4, -0.2) is 46.8 Å². The molecule has 1 atom stereocenters. The van der Waals surface area contributed by atoms with Gasteiger partial charge in [-0.25, -0.2) is 9.86 Å². The van der Waals surface area contributed by atoms with Crippen molar-refractivity contribution in [2.75, 3.05) is 13.2 Å². The van der Waals surface area contributed by atoms with Gasteiger partial charge in [0.1, 0.15) is 5.60 Å². The van der Waals surface area contributed by atoms with E-state index in [0.717, 1.165) is 18.4 Å². The summed E-state index contributed by atoms with van der Waals surface area (Å²) in [7, 11) is 0. The molecule has 0 radical (unpaired) electrons. The number of benzene rings is 1. The first-order valence-electron chi connectivity index (χ1n) is 8.37. The highest BCUT2D eigenvalue weighted by atomic mass is 16.7. The van der Waals surface area contributed by atoms with Crippen LogP contribution in [0.5, 0.6) is 0 Å². The zero-order valence-corrected chi connectivity index (χ0v) is 14.4. The largest absolute Gasteiger partial charge is 0.444 e. The molecule has 1 aromatic carbocycles. The van der Waals surface area contributed by atoms with Crippen molar-refractivity contribution in [1.29, 1.82) is 0 Å². The van der Waals surface area contributed by atoms with Crippen LogP contribution < -0.4 is 0 Å². The summed E-state index contributed by atoms with van der Waals surface area (Å²) in [6.07, 6.45) is 1.46. The van der Waals surface area contributed by atoms with Gasteiger partial charge in [0.15, 0.2) is 0 Å². The van der Waals surface area contributed by atoms with Crippen molar-refractivity contribution in [2.24, 2.45) is 0 Å². The quantitative estimate of drug-likeness (QED) is 0.854. The number of carbonyl (C=O) groups excluding carboxylic acids is 2. The van der Waals surface area contributed by atoms with E-state index in [1.54, 1.807) is 4.90 Å². The molecule has 1 unspecified atom stereocenters. The third kappa shape index (κ3) is 3.53. The Bertz CT molecular complexity index is 638. The molecule has 0 aromatic heterocycles. The SMILES string of the molecule is CC(C)(C)OC(=O)N1CCCC1CON1Cc2ccccc2C1=O. The lowest BCUT2D eigenvalue weighted by Gasteiger charge is -2.29. The molecule has 0 spiro atoms. The van der Waals surface area contributed by atoms with E-state index < -0.39 is 5.60 Å². The second-order valence-corrected chi connectivity index (χ2v) is 7.26. The van der Waals surface area contributed by atoms with Crippen molar-refractivity contribution < 1.29 is 19.2 Å². The fourth-order valence-corrected chi connectivity index (χ4v) is 3.08. The fraction of sp³-hybridized carbons (Fsp3) is 0.556. The normalized spacial score (nSPS) is 20.5. The van der Waals surface area contributed by atoms with Crippen LogP contribution in [0, 0.1) is 0 Å². The Labute approximate surface area is 142 Å². The van der Waals surface area contributed by atoms with Crippen molar-refractivity contribution in [3.63, 3.8) is 0 Å². The Hall–Kier alpha value is -2.08. The van der Waals surface area contributed by atoms with Crippen LogP contribution in [0.4, 0.5) is 4.79 Å². The van der Waals surface area contributed by atoms with E-state index >= 15 is 0 Å². The summed E-state index contributed by atoms with van der Waals surface area (Å²) in [5.41, 5.74) is 1.14. The molecular weight excluding hydrogens is 308 g/mol. The van der Waals surface area contributed by atoms with E-state index in [4.69, 9.17) is 9.57 Å². The van der Waals surface area contributed by atoms with E-state index in [1.165, 1.54) is 5.06 Å². The molecule has 2 heterocycles. The molecule has 2 aliphatic rings. The molecule has 0 aliphatic carbocycles. The average molecular weight is 332 g/mol. The molecule has 24 heavy (non-hydrogen) atoms. The van der Waals surface area contributed by atoms with Gasteiger partial charge in [0, 0.05) is 12.1 Å². The van der Waals surface area contributed by atoms with E-state index in [1.807, 2.05) is 45.0 Å². The van der Waals surface area contributed by atoms with Crippen LogP contribution in [-0.2, 0) is 16.1 Å². The first-order valence-corrected chi connectivity index (χ1v) is 8.37. The van der Waals surface area contributed by atoms with Crippen LogP contribution >= 0.6 is 0 Å². The predicted molar refractivity (Wildman–Crippen MR) is 88.2 cm³/mol. The summed E-state index contributed by atoms with van der Waals surface area (Å²) in [6.45, 7) is 6.98. The number of hydrogen-bond acceptors (Lipinski definition) is 4. The molecule has 130 valence electrons. The Morgan fingerprint density at radius 2 is 2.04 bits per heavy atom. The van der Waals surface area contributed by atoms with Gasteiger partial charge in [-0.1, -0.05) is 18.2 Å². The molecule has 2 aliphatic heterocycles. The van der Waals surface area contributed by atoms with E-state index in [2.05, 4.69) is 0 Å². The molecule has 6 heteroatoms. The second kappa shape index (κ2) is 6.43. The van der Waals surface area contributed by atoms with Gasteiger partial charge in [0.25, 0.3) is 5.91 Å². The van der Waals surface area contributed by atoms with Gasteiger partial charge >= 0.3 is 6.09 Å². The van der Waals surface area contributed by atoms with Crippen molar-refractivity contribution in [2.45, 2.75) is 51.8 Å². The summed E-state index contributed by atoms with van der Waals surface area (Å²) in [5, 5.41) is 1.39. The maximum Gasteiger partial charge on any atom is 0.410 e. The van der Waals surface area contributed by atoms with Crippen molar-refractivity contribution >= 4 is 12.0 Å². The first-order chi connectivity index (χ1) is 11.3. The number of amides is 2. The molecule has 2 amide bonds. The molecule has 1 fully saturated rings. The van der Waals surface area contributed by atoms with Crippen LogP contribution in [0.25, 0.3) is 0 Å². The number of likely N-dealkylation sites (tertiary alicyclic amines) is 1. The van der Waals surface area contributed by atoms with Crippen molar-refractivity contribution in [1.82, 2.24) is 9.96 Å². The summed E-state index contributed by atoms with van der Waals surface area (Å²) in [4.78, 5) is 32.0. The van der Waals surface area contributed by atoms with Crippen LogP contribution in [0.3, 0.4) is 0 Å². The fourth-order valence-electron chi connectivity index (χ4n) is 3.08. The molecular formula is C18H24N2O4. The van der Waals surface area contributed by atoms with E-state index in [-0.39, 0.29) is 18.0 Å². The zero-order valence-electron chi connectivity index (χ0n) is 14.4. The van der Waals surface area contributed by atoms with Gasteiger partial charge in [-0.3, -0.25) is 9.63 Å². The zero-order chi connectivity index (χ0) is 17.3. The summed E-state index contributed by atoms with van der Waals surface area (Å²) < 4.78 is 5.45. The third-order valence-electron chi connectivity index (χ3n) is 4.22. The molecule has 1 saturated heterocycles. The first kappa shape index (κ1) is 16.8. The van der Waals surface area contributed by atoms with E-state index in [0.29, 0.717) is 25.3 Å². The highest BCUT2D eigenvalue weighted by Crippen LogP contribution is 2.25. The van der Waals surface area contributed by atoms with Gasteiger partial charge in [0.05, 0.1) is 19.2 Å². The lowest BCUT2D eigenvalue weighted by atomic mass is 10.1. The van der Waals surface area contributed by atoms with Crippen molar-refractivity contribution in [3.8, 4) is 0 Å². The summed E-state index contributed by atoms with van der Waals surface area (Å²) in [5.74, 6) is -0.118.